The van der Waals surface area contributed by atoms with Gasteiger partial charge >= 0.3 is 0 Å². The van der Waals surface area contributed by atoms with E-state index in [0.717, 1.165) is 5.56 Å². The summed E-state index contributed by atoms with van der Waals surface area (Å²) < 4.78 is 5.26. The van der Waals surface area contributed by atoms with Crippen molar-refractivity contribution >= 4 is 11.6 Å². The van der Waals surface area contributed by atoms with E-state index in [1.54, 1.807) is 12.1 Å². The van der Waals surface area contributed by atoms with Gasteiger partial charge < -0.3 is 15.8 Å². The van der Waals surface area contributed by atoms with Crippen molar-refractivity contribution in [2.24, 2.45) is 11.1 Å². The van der Waals surface area contributed by atoms with Gasteiger partial charge in [0, 0.05) is 11.7 Å². The van der Waals surface area contributed by atoms with Gasteiger partial charge in [0.05, 0.1) is 31.1 Å². The van der Waals surface area contributed by atoms with Crippen LogP contribution in [0.1, 0.15) is 12.5 Å². The van der Waals surface area contributed by atoms with Crippen LogP contribution >= 0.6 is 0 Å². The number of carbonyl (C=O) groups is 1. The van der Waals surface area contributed by atoms with Gasteiger partial charge in [-0.25, -0.2) is 0 Å². The molecule has 2 unspecified atom stereocenters. The maximum atomic E-state index is 12.2. The molecule has 1 aromatic carbocycles. The highest BCUT2D eigenvalue weighted by atomic mass is 16.5. The van der Waals surface area contributed by atoms with Crippen LogP contribution in [0.4, 0.5) is 5.69 Å². The molecular weight excluding hydrogens is 242 g/mol. The Hall–Kier alpha value is -1.90. The van der Waals surface area contributed by atoms with Crippen LogP contribution in [0.2, 0.25) is 0 Å². The lowest BCUT2D eigenvalue weighted by atomic mass is 9.85. The average molecular weight is 259 g/mol. The quantitative estimate of drug-likeness (QED) is 0.849. The van der Waals surface area contributed by atoms with E-state index in [1.807, 2.05) is 19.1 Å². The fourth-order valence-corrected chi connectivity index (χ4v) is 1.99. The molecule has 1 fully saturated rings. The standard InChI is InChI=1S/C14H17N3O2/c1-14(9-19-8-12(14)16)13(18)17-11-4-2-10(3-5-11)6-7-15/h2-5,12H,6,8-9,16H2,1H3,(H,17,18). The van der Waals surface area contributed by atoms with E-state index < -0.39 is 5.41 Å². The summed E-state index contributed by atoms with van der Waals surface area (Å²) in [6.45, 7) is 2.56. The summed E-state index contributed by atoms with van der Waals surface area (Å²) in [6.07, 6.45) is 0.366. The molecule has 1 aliphatic heterocycles. The molecule has 1 aromatic rings. The first-order valence-corrected chi connectivity index (χ1v) is 6.17. The van der Waals surface area contributed by atoms with E-state index in [4.69, 9.17) is 15.7 Å². The molecule has 1 saturated heterocycles. The van der Waals surface area contributed by atoms with Crippen molar-refractivity contribution in [3.8, 4) is 6.07 Å². The number of amides is 1. The zero-order valence-electron chi connectivity index (χ0n) is 10.8. The van der Waals surface area contributed by atoms with Crippen molar-refractivity contribution < 1.29 is 9.53 Å². The minimum absolute atomic E-state index is 0.134. The second-order valence-corrected chi connectivity index (χ2v) is 5.03. The van der Waals surface area contributed by atoms with Crippen LogP contribution < -0.4 is 11.1 Å². The Morgan fingerprint density at radius 1 is 1.58 bits per heavy atom. The maximum absolute atomic E-state index is 12.2. The zero-order chi connectivity index (χ0) is 13.9. The monoisotopic (exact) mass is 259 g/mol. The molecule has 0 spiro atoms. The predicted octanol–water partition coefficient (Wildman–Crippen LogP) is 1.05. The molecule has 5 nitrogen and oxygen atoms in total. The van der Waals surface area contributed by atoms with E-state index in [2.05, 4.69) is 11.4 Å². The fourth-order valence-electron chi connectivity index (χ4n) is 1.99. The smallest absolute Gasteiger partial charge is 0.234 e. The first-order chi connectivity index (χ1) is 9.06. The molecule has 1 amide bonds. The van der Waals surface area contributed by atoms with Crippen molar-refractivity contribution in [2.45, 2.75) is 19.4 Å². The van der Waals surface area contributed by atoms with Crippen molar-refractivity contribution in [2.75, 3.05) is 18.5 Å². The first kappa shape index (κ1) is 13.5. The zero-order valence-corrected chi connectivity index (χ0v) is 10.8. The number of nitrogens with one attached hydrogen (secondary N) is 1. The van der Waals surface area contributed by atoms with E-state index in [-0.39, 0.29) is 11.9 Å². The summed E-state index contributed by atoms with van der Waals surface area (Å²) in [7, 11) is 0. The topological polar surface area (TPSA) is 88.1 Å². The molecule has 19 heavy (non-hydrogen) atoms. The predicted molar refractivity (Wildman–Crippen MR) is 71.3 cm³/mol. The van der Waals surface area contributed by atoms with E-state index in [0.29, 0.717) is 25.3 Å². The minimum atomic E-state index is -0.689. The third kappa shape index (κ3) is 2.75. The van der Waals surface area contributed by atoms with Gasteiger partial charge in [0.2, 0.25) is 5.91 Å². The van der Waals surface area contributed by atoms with Crippen molar-refractivity contribution in [1.82, 2.24) is 0 Å². The van der Waals surface area contributed by atoms with E-state index >= 15 is 0 Å². The number of nitriles is 1. The largest absolute Gasteiger partial charge is 0.379 e. The molecule has 5 heteroatoms. The van der Waals surface area contributed by atoms with Gasteiger partial charge in [-0.1, -0.05) is 12.1 Å². The number of nitrogens with zero attached hydrogens (tertiary/aromatic N) is 1. The number of hydrogen-bond acceptors (Lipinski definition) is 4. The second kappa shape index (κ2) is 5.39. The van der Waals surface area contributed by atoms with Crippen molar-refractivity contribution in [3.63, 3.8) is 0 Å². The number of carbonyl (C=O) groups excluding carboxylic acids is 1. The average Bonchev–Trinajstić information content (AvgIpc) is 2.74. The van der Waals surface area contributed by atoms with Crippen LogP contribution in [0.5, 0.6) is 0 Å². The van der Waals surface area contributed by atoms with Crippen LogP contribution in [-0.4, -0.2) is 25.2 Å². The van der Waals surface area contributed by atoms with E-state index in [1.165, 1.54) is 0 Å². The molecule has 0 aliphatic carbocycles. The highest BCUT2D eigenvalue weighted by Crippen LogP contribution is 2.28. The van der Waals surface area contributed by atoms with Crippen LogP contribution in [0.25, 0.3) is 0 Å². The summed E-state index contributed by atoms with van der Waals surface area (Å²) >= 11 is 0. The highest BCUT2D eigenvalue weighted by molar-refractivity contribution is 5.96. The van der Waals surface area contributed by atoms with Gasteiger partial charge in [-0.05, 0) is 24.6 Å². The summed E-state index contributed by atoms with van der Waals surface area (Å²) in [6, 6.07) is 9.02. The third-order valence-corrected chi connectivity index (χ3v) is 3.53. The van der Waals surface area contributed by atoms with Gasteiger partial charge in [-0.15, -0.1) is 0 Å². The number of hydrogen-bond donors (Lipinski definition) is 2. The Bertz CT molecular complexity index is 506. The number of ether oxygens (including phenoxy) is 1. The minimum Gasteiger partial charge on any atom is -0.379 e. The fraction of sp³-hybridized carbons (Fsp3) is 0.429. The lowest BCUT2D eigenvalue weighted by Crippen LogP contribution is -2.47. The SMILES string of the molecule is CC1(C(=O)Nc2ccc(CC#N)cc2)COCC1N. The van der Waals surface area contributed by atoms with Crippen LogP contribution in [0.3, 0.4) is 0 Å². The van der Waals surface area contributed by atoms with Gasteiger partial charge in [-0.3, -0.25) is 4.79 Å². The molecule has 2 atom stereocenters. The van der Waals surface area contributed by atoms with Gasteiger partial charge in [-0.2, -0.15) is 5.26 Å². The molecule has 0 bridgehead atoms. The van der Waals surface area contributed by atoms with Gasteiger partial charge in [0.15, 0.2) is 0 Å². The van der Waals surface area contributed by atoms with Crippen molar-refractivity contribution in [1.29, 1.82) is 5.26 Å². The van der Waals surface area contributed by atoms with E-state index in [9.17, 15) is 4.79 Å². The van der Waals surface area contributed by atoms with Crippen LogP contribution in [0, 0.1) is 16.7 Å². The number of benzene rings is 1. The maximum Gasteiger partial charge on any atom is 0.234 e. The summed E-state index contributed by atoms with van der Waals surface area (Å²) in [5.74, 6) is -0.134. The number of rotatable bonds is 3. The molecule has 0 radical (unpaired) electrons. The number of nitrogens with two attached hydrogens (primary N) is 1. The lowest BCUT2D eigenvalue weighted by molar-refractivity contribution is -0.125. The Labute approximate surface area is 112 Å². The molecule has 3 N–H and O–H groups in total. The van der Waals surface area contributed by atoms with Gasteiger partial charge in [0.1, 0.15) is 0 Å². The molecule has 100 valence electrons. The lowest BCUT2D eigenvalue weighted by Gasteiger charge is -2.25. The summed E-state index contributed by atoms with van der Waals surface area (Å²) in [5, 5.41) is 11.4. The highest BCUT2D eigenvalue weighted by Gasteiger charge is 2.44. The van der Waals surface area contributed by atoms with Gasteiger partial charge in [0.25, 0.3) is 0 Å². The number of anilines is 1. The normalized spacial score (nSPS) is 25.8. The Balaban J connectivity index is 2.05. The van der Waals surface area contributed by atoms with Crippen molar-refractivity contribution in [3.05, 3.63) is 29.8 Å². The molecule has 2 rings (SSSR count). The summed E-state index contributed by atoms with van der Waals surface area (Å²) in [5.41, 5.74) is 6.85. The first-order valence-electron chi connectivity index (χ1n) is 6.17. The Morgan fingerprint density at radius 3 is 2.79 bits per heavy atom. The molecule has 1 heterocycles. The second-order valence-electron chi connectivity index (χ2n) is 5.03. The van der Waals surface area contributed by atoms with Crippen LogP contribution in [0.15, 0.2) is 24.3 Å². The van der Waals surface area contributed by atoms with Crippen LogP contribution in [-0.2, 0) is 16.0 Å². The molecule has 0 saturated carbocycles. The molecule has 0 aromatic heterocycles. The molecule has 1 aliphatic rings. The Kier molecular flexibility index (Phi) is 3.84. The molecular formula is C14H17N3O2. The summed E-state index contributed by atoms with van der Waals surface area (Å²) in [4.78, 5) is 12.2. The third-order valence-electron chi connectivity index (χ3n) is 3.53. The Morgan fingerprint density at radius 2 is 2.26 bits per heavy atom.